The number of aliphatic hydroxyl groups excluding tert-OH is 3. The fourth-order valence-electron chi connectivity index (χ4n) is 4.25. The second-order valence-electron chi connectivity index (χ2n) is 8.49. The number of aliphatic hydroxyl groups is 3. The minimum absolute atomic E-state index is 0.191. The summed E-state index contributed by atoms with van der Waals surface area (Å²) in [6.07, 6.45) is -1.60. The number of hydrogen-bond acceptors (Lipinski definition) is 11. The van der Waals surface area contributed by atoms with Crippen molar-refractivity contribution in [3.05, 3.63) is 46.0 Å². The number of nitrogens with zero attached hydrogens (tertiary/aromatic N) is 4. The van der Waals surface area contributed by atoms with E-state index in [1.54, 1.807) is 22.7 Å². The number of fused-ring (bicyclic) bond motifs is 1. The predicted molar refractivity (Wildman–Crippen MR) is 134 cm³/mol. The molecule has 1 saturated carbocycles. The normalized spacial score (nSPS) is 22.4. The topological polar surface area (TPSA) is 136 Å². The van der Waals surface area contributed by atoms with Crippen LogP contribution in [0.1, 0.15) is 22.8 Å². The van der Waals surface area contributed by atoms with E-state index in [2.05, 4.69) is 20.6 Å². The Bertz CT molecular complexity index is 1280. The molecule has 1 aliphatic carbocycles. The van der Waals surface area contributed by atoms with Gasteiger partial charge in [-0.25, -0.2) is 15.0 Å². The molecule has 0 aliphatic heterocycles. The summed E-state index contributed by atoms with van der Waals surface area (Å²) in [6.45, 7) is 4.17. The molecule has 4 aromatic rings. The number of aromatic nitrogens is 4. The second kappa shape index (κ2) is 9.51. The number of thiazole rings is 2. The van der Waals surface area contributed by atoms with Gasteiger partial charge in [0.2, 0.25) is 5.95 Å². The van der Waals surface area contributed by atoms with Crippen molar-refractivity contribution in [2.45, 2.75) is 45.1 Å². The van der Waals surface area contributed by atoms with Crippen molar-refractivity contribution >= 4 is 44.7 Å². The lowest BCUT2D eigenvalue weighted by atomic mass is 10.1. The van der Waals surface area contributed by atoms with Crippen LogP contribution in [0.2, 0.25) is 0 Å². The van der Waals surface area contributed by atoms with Crippen molar-refractivity contribution in [1.82, 2.24) is 19.9 Å². The van der Waals surface area contributed by atoms with E-state index in [1.165, 1.54) is 0 Å². The van der Waals surface area contributed by atoms with Gasteiger partial charge in [-0.2, -0.15) is 4.98 Å². The van der Waals surface area contributed by atoms with Crippen molar-refractivity contribution in [2.75, 3.05) is 17.2 Å². The summed E-state index contributed by atoms with van der Waals surface area (Å²) >= 11 is 3.12. The molecule has 0 spiro atoms. The van der Waals surface area contributed by atoms with Gasteiger partial charge in [0.05, 0.1) is 40.2 Å². The van der Waals surface area contributed by atoms with Gasteiger partial charge in [-0.3, -0.25) is 0 Å². The van der Waals surface area contributed by atoms with Gasteiger partial charge < -0.3 is 26.0 Å². The Balaban J connectivity index is 1.51. The highest BCUT2D eigenvalue weighted by molar-refractivity contribution is 7.21. The van der Waals surface area contributed by atoms with E-state index in [-0.39, 0.29) is 6.61 Å². The molecular formula is C23H26N6O3S2. The molecule has 1 fully saturated rings. The fourth-order valence-corrected chi connectivity index (χ4v) is 6.03. The van der Waals surface area contributed by atoms with Crippen LogP contribution >= 0.6 is 22.7 Å². The zero-order chi connectivity index (χ0) is 23.8. The van der Waals surface area contributed by atoms with Crippen molar-refractivity contribution in [1.29, 1.82) is 0 Å². The number of para-hydroxylation sites is 1. The third-order valence-corrected chi connectivity index (χ3v) is 8.04. The molecule has 4 atom stereocenters. The minimum Gasteiger partial charge on any atom is -0.396 e. The van der Waals surface area contributed by atoms with Crippen LogP contribution in [-0.4, -0.2) is 60.1 Å². The zero-order valence-corrected chi connectivity index (χ0v) is 20.4. The van der Waals surface area contributed by atoms with Crippen LogP contribution in [0.15, 0.2) is 29.6 Å². The first-order chi connectivity index (χ1) is 16.4. The van der Waals surface area contributed by atoms with E-state index in [9.17, 15) is 15.3 Å². The molecule has 0 saturated heterocycles. The third kappa shape index (κ3) is 4.49. The smallest absolute Gasteiger partial charge is 0.225 e. The monoisotopic (exact) mass is 498 g/mol. The van der Waals surface area contributed by atoms with Crippen LogP contribution < -0.4 is 10.6 Å². The first kappa shape index (κ1) is 23.1. The number of nitrogens with one attached hydrogen (secondary N) is 2. The third-order valence-electron chi connectivity index (χ3n) is 6.02. The molecule has 9 nitrogen and oxygen atoms in total. The molecule has 5 N–H and O–H groups in total. The van der Waals surface area contributed by atoms with Crippen LogP contribution in [-0.2, 0) is 6.54 Å². The first-order valence-corrected chi connectivity index (χ1v) is 12.8. The number of benzene rings is 1. The number of anilines is 2. The molecule has 3 heterocycles. The van der Waals surface area contributed by atoms with Gasteiger partial charge in [0.25, 0.3) is 0 Å². The maximum absolute atomic E-state index is 10.6. The maximum atomic E-state index is 10.6. The van der Waals surface area contributed by atoms with Crippen molar-refractivity contribution in [3.8, 4) is 10.6 Å². The summed E-state index contributed by atoms with van der Waals surface area (Å²) in [6, 6.07) is 7.45. The number of aryl methyl sites for hydroxylation is 2. The van der Waals surface area contributed by atoms with E-state index in [0.29, 0.717) is 24.7 Å². The first-order valence-electron chi connectivity index (χ1n) is 11.1. The highest BCUT2D eigenvalue weighted by atomic mass is 32.1. The van der Waals surface area contributed by atoms with E-state index >= 15 is 0 Å². The summed E-state index contributed by atoms with van der Waals surface area (Å²) in [7, 11) is 0. The molecular weight excluding hydrogens is 472 g/mol. The van der Waals surface area contributed by atoms with Gasteiger partial charge in [-0.15, -0.1) is 22.7 Å². The summed E-state index contributed by atoms with van der Waals surface area (Å²) in [5, 5.41) is 40.7. The second-order valence-corrected chi connectivity index (χ2v) is 10.5. The molecule has 0 radical (unpaired) electrons. The number of rotatable bonds is 7. The Labute approximate surface area is 204 Å². The lowest BCUT2D eigenvalue weighted by Gasteiger charge is -2.21. The molecule has 34 heavy (non-hydrogen) atoms. The average molecular weight is 499 g/mol. The van der Waals surface area contributed by atoms with Crippen molar-refractivity contribution < 1.29 is 15.3 Å². The average Bonchev–Trinajstić information content (AvgIpc) is 3.51. The molecule has 1 aromatic carbocycles. The predicted octanol–water partition coefficient (Wildman–Crippen LogP) is 2.95. The molecule has 0 amide bonds. The summed E-state index contributed by atoms with van der Waals surface area (Å²) in [4.78, 5) is 18.7. The van der Waals surface area contributed by atoms with E-state index in [0.717, 1.165) is 37.2 Å². The lowest BCUT2D eigenvalue weighted by molar-refractivity contribution is 0.00446. The van der Waals surface area contributed by atoms with Gasteiger partial charge in [0.1, 0.15) is 21.9 Å². The van der Waals surface area contributed by atoms with Crippen LogP contribution in [0.3, 0.4) is 0 Å². The Morgan fingerprint density at radius 3 is 2.59 bits per heavy atom. The standard InChI is InChI=1S/C23H26N6O3S2/c1-11-10-33-17(25-11)8-24-23-26-12(2)18(22-28-14-5-3-4-6-16(14)34-22)21(29-23)27-15-7-13(9-30)19(31)20(15)32/h3-6,10,13,15,19-20,30-32H,7-9H2,1-2H3,(H2,24,26,27,29)/t13-,15-,19-,20+/m1/s1. The quantitative estimate of drug-likeness (QED) is 0.260. The van der Waals surface area contributed by atoms with Gasteiger partial charge in [-0.1, -0.05) is 12.1 Å². The SMILES string of the molecule is Cc1csc(CNc2nc(C)c(-c3nc4ccccc4s3)c(N[C@@H]3C[C@H](CO)[C@@H](O)[C@H]3O)n2)n1. The molecule has 3 aromatic heterocycles. The Hall–Kier alpha value is -2.70. The molecule has 11 heteroatoms. The summed E-state index contributed by atoms with van der Waals surface area (Å²) < 4.78 is 1.06. The molecule has 5 rings (SSSR count). The Morgan fingerprint density at radius 2 is 1.88 bits per heavy atom. The van der Waals surface area contributed by atoms with Gasteiger partial charge in [0, 0.05) is 23.6 Å². The molecule has 1 aliphatic rings. The maximum Gasteiger partial charge on any atom is 0.225 e. The van der Waals surface area contributed by atoms with Crippen LogP contribution in [0, 0.1) is 19.8 Å². The highest BCUT2D eigenvalue weighted by Crippen LogP contribution is 2.38. The fraction of sp³-hybridized carbons (Fsp3) is 0.391. The largest absolute Gasteiger partial charge is 0.396 e. The van der Waals surface area contributed by atoms with Gasteiger partial charge in [0.15, 0.2) is 0 Å². The lowest BCUT2D eigenvalue weighted by Crippen LogP contribution is -2.35. The van der Waals surface area contributed by atoms with Gasteiger partial charge >= 0.3 is 0 Å². The molecule has 0 bridgehead atoms. The van der Waals surface area contributed by atoms with Gasteiger partial charge in [-0.05, 0) is 32.4 Å². The molecule has 178 valence electrons. The number of hydrogen-bond donors (Lipinski definition) is 5. The van der Waals surface area contributed by atoms with Crippen molar-refractivity contribution in [2.24, 2.45) is 5.92 Å². The van der Waals surface area contributed by atoms with E-state index in [1.807, 2.05) is 43.5 Å². The summed E-state index contributed by atoms with van der Waals surface area (Å²) in [5.41, 5.74) is 3.36. The van der Waals surface area contributed by atoms with Crippen molar-refractivity contribution in [3.63, 3.8) is 0 Å². The molecule has 0 unspecified atom stereocenters. The van der Waals surface area contributed by atoms with Crippen LogP contribution in [0.5, 0.6) is 0 Å². The Morgan fingerprint density at radius 1 is 1.06 bits per heavy atom. The van der Waals surface area contributed by atoms with E-state index < -0.39 is 24.2 Å². The van der Waals surface area contributed by atoms with Crippen LogP contribution in [0.25, 0.3) is 20.8 Å². The summed E-state index contributed by atoms with van der Waals surface area (Å²) in [5.74, 6) is 0.566. The minimum atomic E-state index is -1.02. The van der Waals surface area contributed by atoms with E-state index in [4.69, 9.17) is 9.97 Å². The Kier molecular flexibility index (Phi) is 6.45. The zero-order valence-electron chi connectivity index (χ0n) is 18.8. The van der Waals surface area contributed by atoms with Crippen LogP contribution in [0.4, 0.5) is 11.8 Å². The highest BCUT2D eigenvalue weighted by Gasteiger charge is 2.41.